The van der Waals surface area contributed by atoms with Crippen molar-refractivity contribution < 1.29 is 9.32 Å². The van der Waals surface area contributed by atoms with Crippen molar-refractivity contribution in [1.29, 1.82) is 0 Å². The van der Waals surface area contributed by atoms with Gasteiger partial charge in [-0.25, -0.2) is 4.79 Å². The van der Waals surface area contributed by atoms with Crippen LogP contribution in [0.5, 0.6) is 0 Å². The van der Waals surface area contributed by atoms with Gasteiger partial charge in [-0.15, -0.1) is 0 Å². The maximum absolute atomic E-state index is 12.6. The highest BCUT2D eigenvalue weighted by molar-refractivity contribution is 5.78. The fourth-order valence-electron chi connectivity index (χ4n) is 3.43. The number of urea groups is 1. The zero-order chi connectivity index (χ0) is 17.8. The monoisotopic (exact) mass is 339 g/mol. The van der Waals surface area contributed by atoms with Crippen LogP contribution in [0.3, 0.4) is 0 Å². The number of aryl methyl sites for hydroxylation is 2. The van der Waals surface area contributed by atoms with E-state index in [2.05, 4.69) is 35.6 Å². The molecule has 0 spiro atoms. The van der Waals surface area contributed by atoms with Gasteiger partial charge in [-0.3, -0.25) is 0 Å². The van der Waals surface area contributed by atoms with Crippen LogP contribution in [0, 0.1) is 13.8 Å². The molecule has 1 aliphatic heterocycles. The SMILES string of the molecule is Cc1noc(C)c1C(C)CNC(=O)N1CCC=C(c2ccccc2)C1. The van der Waals surface area contributed by atoms with E-state index in [4.69, 9.17) is 4.52 Å². The van der Waals surface area contributed by atoms with E-state index in [1.807, 2.05) is 36.9 Å². The number of amides is 2. The Bertz CT molecular complexity index is 745. The average molecular weight is 339 g/mol. The van der Waals surface area contributed by atoms with Gasteiger partial charge in [0.15, 0.2) is 0 Å². The molecule has 2 aromatic rings. The summed E-state index contributed by atoms with van der Waals surface area (Å²) in [6.07, 6.45) is 3.11. The average Bonchev–Trinajstić information content (AvgIpc) is 2.99. The van der Waals surface area contributed by atoms with Gasteiger partial charge in [0.1, 0.15) is 5.76 Å². The van der Waals surface area contributed by atoms with Crippen LogP contribution in [0.1, 0.15) is 41.8 Å². The molecule has 5 heteroatoms. The molecule has 3 rings (SSSR count). The number of aromatic nitrogens is 1. The number of nitrogens with zero attached hydrogens (tertiary/aromatic N) is 2. The maximum atomic E-state index is 12.6. The van der Waals surface area contributed by atoms with Gasteiger partial charge in [-0.2, -0.15) is 0 Å². The van der Waals surface area contributed by atoms with Gasteiger partial charge in [0, 0.05) is 31.1 Å². The van der Waals surface area contributed by atoms with Crippen molar-refractivity contribution in [2.24, 2.45) is 0 Å². The fraction of sp³-hybridized carbons (Fsp3) is 0.400. The molecule has 1 aromatic heterocycles. The Balaban J connectivity index is 1.58. The highest BCUT2D eigenvalue weighted by atomic mass is 16.5. The highest BCUT2D eigenvalue weighted by Crippen LogP contribution is 2.23. The lowest BCUT2D eigenvalue weighted by molar-refractivity contribution is 0.203. The molecule has 1 aliphatic rings. The summed E-state index contributed by atoms with van der Waals surface area (Å²) in [4.78, 5) is 14.4. The topological polar surface area (TPSA) is 58.4 Å². The fourth-order valence-corrected chi connectivity index (χ4v) is 3.43. The third-order valence-corrected chi connectivity index (χ3v) is 4.72. The smallest absolute Gasteiger partial charge is 0.317 e. The van der Waals surface area contributed by atoms with E-state index in [9.17, 15) is 4.79 Å². The molecule has 0 radical (unpaired) electrons. The van der Waals surface area contributed by atoms with E-state index >= 15 is 0 Å². The lowest BCUT2D eigenvalue weighted by Gasteiger charge is -2.28. The van der Waals surface area contributed by atoms with Gasteiger partial charge in [0.05, 0.1) is 5.69 Å². The second kappa shape index (κ2) is 7.55. The molecule has 25 heavy (non-hydrogen) atoms. The Hall–Kier alpha value is -2.56. The predicted octanol–water partition coefficient (Wildman–Crippen LogP) is 3.89. The summed E-state index contributed by atoms with van der Waals surface area (Å²) < 4.78 is 5.22. The second-order valence-electron chi connectivity index (χ2n) is 6.63. The molecule has 1 atom stereocenters. The van der Waals surface area contributed by atoms with E-state index in [1.54, 1.807) is 0 Å². The lowest BCUT2D eigenvalue weighted by Crippen LogP contribution is -2.43. The standard InChI is InChI=1S/C20H25N3O2/c1-14(19-15(2)22-25-16(19)3)12-21-20(24)23-11-7-10-18(13-23)17-8-5-4-6-9-17/h4-6,8-10,14H,7,11-13H2,1-3H3,(H,21,24). The molecule has 2 heterocycles. The molecule has 2 amide bonds. The molecule has 0 fully saturated rings. The van der Waals surface area contributed by atoms with Crippen LogP contribution < -0.4 is 5.32 Å². The number of hydrogen-bond donors (Lipinski definition) is 1. The summed E-state index contributed by atoms with van der Waals surface area (Å²) in [6.45, 7) is 7.90. The van der Waals surface area contributed by atoms with Gasteiger partial charge in [0.25, 0.3) is 0 Å². The summed E-state index contributed by atoms with van der Waals surface area (Å²) in [6, 6.07) is 10.2. The quantitative estimate of drug-likeness (QED) is 0.919. The first kappa shape index (κ1) is 17.3. The number of benzene rings is 1. The minimum absolute atomic E-state index is 0.0138. The first-order valence-corrected chi connectivity index (χ1v) is 8.76. The minimum atomic E-state index is -0.0138. The van der Waals surface area contributed by atoms with Crippen molar-refractivity contribution >= 4 is 11.6 Å². The Kier molecular flexibility index (Phi) is 5.22. The van der Waals surface area contributed by atoms with Gasteiger partial charge >= 0.3 is 6.03 Å². The maximum Gasteiger partial charge on any atom is 0.317 e. The summed E-state index contributed by atoms with van der Waals surface area (Å²) in [7, 11) is 0. The molecule has 0 saturated carbocycles. The van der Waals surface area contributed by atoms with Crippen molar-refractivity contribution in [3.05, 3.63) is 59.0 Å². The third-order valence-electron chi connectivity index (χ3n) is 4.72. The van der Waals surface area contributed by atoms with Crippen molar-refractivity contribution in [2.45, 2.75) is 33.1 Å². The zero-order valence-corrected chi connectivity index (χ0v) is 15.1. The zero-order valence-electron chi connectivity index (χ0n) is 15.1. The molecule has 0 saturated heterocycles. The van der Waals surface area contributed by atoms with Crippen LogP contribution >= 0.6 is 0 Å². The lowest BCUT2D eigenvalue weighted by atomic mass is 9.99. The van der Waals surface area contributed by atoms with E-state index < -0.39 is 0 Å². The van der Waals surface area contributed by atoms with E-state index in [1.165, 1.54) is 11.1 Å². The third kappa shape index (κ3) is 3.92. The first-order chi connectivity index (χ1) is 12.1. The minimum Gasteiger partial charge on any atom is -0.361 e. The first-order valence-electron chi connectivity index (χ1n) is 8.76. The molecule has 5 nitrogen and oxygen atoms in total. The molecule has 1 unspecified atom stereocenters. The van der Waals surface area contributed by atoms with Crippen molar-refractivity contribution in [3.8, 4) is 0 Å². The van der Waals surface area contributed by atoms with Crippen LogP contribution in [0.15, 0.2) is 40.9 Å². The van der Waals surface area contributed by atoms with Crippen LogP contribution in [0.2, 0.25) is 0 Å². The number of rotatable bonds is 4. The molecular formula is C20H25N3O2. The highest BCUT2D eigenvalue weighted by Gasteiger charge is 2.21. The number of carbonyl (C=O) groups excluding carboxylic acids is 1. The molecular weight excluding hydrogens is 314 g/mol. The van der Waals surface area contributed by atoms with E-state index in [0.717, 1.165) is 30.0 Å². The van der Waals surface area contributed by atoms with Gasteiger partial charge in [-0.05, 0) is 31.4 Å². The Labute approximate surface area is 148 Å². The summed E-state index contributed by atoms with van der Waals surface area (Å²) in [5, 5.41) is 7.05. The van der Waals surface area contributed by atoms with Crippen molar-refractivity contribution in [1.82, 2.24) is 15.4 Å². The van der Waals surface area contributed by atoms with Gasteiger partial charge in [-0.1, -0.05) is 48.5 Å². The number of nitrogens with one attached hydrogen (secondary N) is 1. The van der Waals surface area contributed by atoms with Crippen molar-refractivity contribution in [2.75, 3.05) is 19.6 Å². The van der Waals surface area contributed by atoms with Crippen LogP contribution in [0.4, 0.5) is 4.79 Å². The Morgan fingerprint density at radius 3 is 2.76 bits per heavy atom. The largest absolute Gasteiger partial charge is 0.361 e. The second-order valence-corrected chi connectivity index (χ2v) is 6.63. The van der Waals surface area contributed by atoms with E-state index in [-0.39, 0.29) is 11.9 Å². The van der Waals surface area contributed by atoms with Crippen LogP contribution in [-0.2, 0) is 0 Å². The number of carbonyl (C=O) groups is 1. The van der Waals surface area contributed by atoms with Crippen molar-refractivity contribution in [3.63, 3.8) is 0 Å². The van der Waals surface area contributed by atoms with Gasteiger partial charge in [0.2, 0.25) is 0 Å². The number of hydrogen-bond acceptors (Lipinski definition) is 3. The summed E-state index contributed by atoms with van der Waals surface area (Å²) in [5.41, 5.74) is 4.38. The van der Waals surface area contributed by atoms with E-state index in [0.29, 0.717) is 13.1 Å². The van der Waals surface area contributed by atoms with Crippen LogP contribution in [-0.4, -0.2) is 35.7 Å². The Morgan fingerprint density at radius 2 is 2.08 bits per heavy atom. The molecule has 1 aromatic carbocycles. The molecule has 132 valence electrons. The van der Waals surface area contributed by atoms with Crippen LogP contribution in [0.25, 0.3) is 5.57 Å². The normalized spacial score (nSPS) is 15.6. The predicted molar refractivity (Wildman–Crippen MR) is 98.4 cm³/mol. The molecule has 0 bridgehead atoms. The molecule has 0 aliphatic carbocycles. The summed E-state index contributed by atoms with van der Waals surface area (Å²) in [5.74, 6) is 0.996. The van der Waals surface area contributed by atoms with Gasteiger partial charge < -0.3 is 14.7 Å². The Morgan fingerprint density at radius 1 is 1.32 bits per heavy atom. The molecule has 1 N–H and O–H groups in total. The summed E-state index contributed by atoms with van der Waals surface area (Å²) >= 11 is 0.